The van der Waals surface area contributed by atoms with Gasteiger partial charge in [-0.1, -0.05) is 12.2 Å². The number of thiocarbonyl (C=S) groups is 1. The highest BCUT2D eigenvalue weighted by Gasteiger charge is 2.44. The van der Waals surface area contributed by atoms with Crippen LogP contribution in [0.3, 0.4) is 0 Å². The van der Waals surface area contributed by atoms with E-state index in [9.17, 15) is 0 Å². The summed E-state index contributed by atoms with van der Waals surface area (Å²) in [4.78, 5) is 3.11. The largest absolute Gasteiger partial charge is 0.393 e. The number of nitrogens with zero attached hydrogens (tertiary/aromatic N) is 4. The zero-order valence-corrected chi connectivity index (χ0v) is 10.6. The topological polar surface area (TPSA) is 60.0 Å². The Bertz CT molecular complexity index is 437. The van der Waals surface area contributed by atoms with Crippen LogP contribution in [0.15, 0.2) is 6.33 Å². The molecule has 0 atom stereocenters. The van der Waals surface area contributed by atoms with Gasteiger partial charge in [-0.2, -0.15) is 0 Å². The van der Waals surface area contributed by atoms with Crippen molar-refractivity contribution in [1.29, 1.82) is 0 Å². The van der Waals surface area contributed by atoms with Crippen molar-refractivity contribution < 1.29 is 0 Å². The molecule has 2 aliphatic rings. The van der Waals surface area contributed by atoms with Crippen LogP contribution in [0, 0.1) is 5.41 Å². The molecule has 5 nitrogen and oxygen atoms in total. The summed E-state index contributed by atoms with van der Waals surface area (Å²) in [5, 5.41) is 8.08. The van der Waals surface area contributed by atoms with Crippen molar-refractivity contribution in [3.05, 3.63) is 12.2 Å². The van der Waals surface area contributed by atoms with Crippen molar-refractivity contribution in [2.24, 2.45) is 11.1 Å². The van der Waals surface area contributed by atoms with Crippen LogP contribution in [0.4, 0.5) is 0 Å². The molecule has 2 N–H and O–H groups in total. The Hall–Kier alpha value is -1.01. The molecule has 1 fully saturated rings. The molecular formula is C11H17N5S. The molecule has 0 amide bonds. The third kappa shape index (κ3) is 2.32. The summed E-state index contributed by atoms with van der Waals surface area (Å²) in [6.07, 6.45) is 5.22. The molecule has 92 valence electrons. The zero-order valence-electron chi connectivity index (χ0n) is 9.80. The highest BCUT2D eigenvalue weighted by atomic mass is 32.1. The van der Waals surface area contributed by atoms with Gasteiger partial charge in [-0.25, -0.2) is 0 Å². The van der Waals surface area contributed by atoms with Crippen molar-refractivity contribution in [2.45, 2.75) is 32.4 Å². The second-order valence-corrected chi connectivity index (χ2v) is 5.82. The first-order chi connectivity index (χ1) is 8.17. The van der Waals surface area contributed by atoms with E-state index in [0.29, 0.717) is 10.4 Å². The molecule has 1 aromatic rings. The minimum atomic E-state index is 0.369. The minimum absolute atomic E-state index is 0.369. The number of aromatic nitrogens is 3. The van der Waals surface area contributed by atoms with Gasteiger partial charge in [-0.05, 0) is 18.3 Å². The van der Waals surface area contributed by atoms with Crippen molar-refractivity contribution in [2.75, 3.05) is 13.1 Å². The lowest BCUT2D eigenvalue weighted by Crippen LogP contribution is -2.38. The summed E-state index contributed by atoms with van der Waals surface area (Å²) in [6.45, 7) is 4.06. The molecule has 0 spiro atoms. The Morgan fingerprint density at radius 1 is 1.47 bits per heavy atom. The smallest absolute Gasteiger partial charge is 0.147 e. The lowest BCUT2D eigenvalue weighted by Gasteiger charge is -2.30. The van der Waals surface area contributed by atoms with Gasteiger partial charge in [0.15, 0.2) is 0 Å². The molecule has 17 heavy (non-hydrogen) atoms. The van der Waals surface area contributed by atoms with Gasteiger partial charge >= 0.3 is 0 Å². The number of nitrogens with two attached hydrogens (primary N) is 1. The van der Waals surface area contributed by atoms with Crippen LogP contribution in [0.5, 0.6) is 0 Å². The quantitative estimate of drug-likeness (QED) is 0.792. The van der Waals surface area contributed by atoms with Crippen molar-refractivity contribution in [1.82, 2.24) is 19.7 Å². The Balaban J connectivity index is 1.62. The Morgan fingerprint density at radius 3 is 3.00 bits per heavy atom. The van der Waals surface area contributed by atoms with E-state index in [1.165, 1.54) is 12.8 Å². The zero-order chi connectivity index (χ0) is 11.9. The molecule has 1 aliphatic carbocycles. The van der Waals surface area contributed by atoms with Gasteiger partial charge in [0.2, 0.25) is 0 Å². The van der Waals surface area contributed by atoms with E-state index in [1.54, 1.807) is 0 Å². The number of fused-ring (bicyclic) bond motifs is 1. The molecule has 6 heteroatoms. The number of hydrogen-bond acceptors (Lipinski definition) is 4. The van der Waals surface area contributed by atoms with E-state index < -0.39 is 0 Å². The fourth-order valence-electron chi connectivity index (χ4n) is 2.66. The lowest BCUT2D eigenvalue weighted by atomic mass is 10.0. The van der Waals surface area contributed by atoms with Crippen molar-refractivity contribution in [3.8, 4) is 0 Å². The SMILES string of the molecule is NC(=S)CC1(CN2CCn3cnnc3C2)CC1. The van der Waals surface area contributed by atoms with E-state index in [4.69, 9.17) is 18.0 Å². The predicted octanol–water partition coefficient (Wildman–Crippen LogP) is 0.550. The van der Waals surface area contributed by atoms with Gasteiger partial charge in [0.05, 0.1) is 11.5 Å². The third-order valence-electron chi connectivity index (χ3n) is 3.78. The fourth-order valence-corrected chi connectivity index (χ4v) is 2.97. The van der Waals surface area contributed by atoms with Crippen LogP contribution in [0.25, 0.3) is 0 Å². The van der Waals surface area contributed by atoms with Crippen LogP contribution in [-0.2, 0) is 13.1 Å². The summed E-state index contributed by atoms with van der Waals surface area (Å²) in [6, 6.07) is 0. The molecule has 0 aromatic carbocycles. The Morgan fingerprint density at radius 2 is 2.29 bits per heavy atom. The van der Waals surface area contributed by atoms with Crippen molar-refractivity contribution in [3.63, 3.8) is 0 Å². The van der Waals surface area contributed by atoms with E-state index in [1.807, 2.05) is 6.33 Å². The fraction of sp³-hybridized carbons (Fsp3) is 0.727. The van der Waals surface area contributed by atoms with Crippen LogP contribution in [0.2, 0.25) is 0 Å². The molecule has 1 aromatic heterocycles. The minimum Gasteiger partial charge on any atom is -0.393 e. The van der Waals surface area contributed by atoms with E-state index in [2.05, 4.69) is 19.7 Å². The second-order valence-electron chi connectivity index (χ2n) is 5.29. The first kappa shape index (κ1) is 11.1. The maximum absolute atomic E-state index is 5.67. The highest BCUT2D eigenvalue weighted by Crippen LogP contribution is 2.49. The maximum atomic E-state index is 5.67. The molecule has 3 rings (SSSR count). The van der Waals surface area contributed by atoms with Gasteiger partial charge in [0.25, 0.3) is 0 Å². The van der Waals surface area contributed by atoms with Gasteiger partial charge in [-0.3, -0.25) is 4.90 Å². The number of hydrogen-bond donors (Lipinski definition) is 1. The molecular weight excluding hydrogens is 234 g/mol. The highest BCUT2D eigenvalue weighted by molar-refractivity contribution is 7.80. The average Bonchev–Trinajstić information content (AvgIpc) is 2.85. The summed E-state index contributed by atoms with van der Waals surface area (Å²) in [5.74, 6) is 1.07. The maximum Gasteiger partial charge on any atom is 0.147 e. The first-order valence-electron chi connectivity index (χ1n) is 6.04. The first-order valence-corrected chi connectivity index (χ1v) is 6.45. The monoisotopic (exact) mass is 251 g/mol. The van der Waals surface area contributed by atoms with Crippen molar-refractivity contribution >= 4 is 17.2 Å². The van der Waals surface area contributed by atoms with Crippen LogP contribution >= 0.6 is 12.2 Å². The van der Waals surface area contributed by atoms with Gasteiger partial charge in [-0.15, -0.1) is 10.2 Å². The summed E-state index contributed by atoms with van der Waals surface area (Å²) in [7, 11) is 0. The van der Waals surface area contributed by atoms with E-state index in [0.717, 1.165) is 38.4 Å². The molecule has 1 aliphatic heterocycles. The van der Waals surface area contributed by atoms with Crippen LogP contribution in [0.1, 0.15) is 25.1 Å². The van der Waals surface area contributed by atoms with Gasteiger partial charge in [0.1, 0.15) is 12.2 Å². The molecule has 2 heterocycles. The Labute approximate surface area is 106 Å². The summed E-state index contributed by atoms with van der Waals surface area (Å²) >= 11 is 5.03. The predicted molar refractivity (Wildman–Crippen MR) is 68.4 cm³/mol. The van der Waals surface area contributed by atoms with Crippen LogP contribution < -0.4 is 5.73 Å². The van der Waals surface area contributed by atoms with E-state index in [-0.39, 0.29) is 0 Å². The molecule has 0 saturated heterocycles. The van der Waals surface area contributed by atoms with Gasteiger partial charge < -0.3 is 10.3 Å². The lowest BCUT2D eigenvalue weighted by molar-refractivity contribution is 0.178. The standard InChI is InChI=1S/C11H17N5S/c12-9(17)5-11(1-2-11)7-15-3-4-16-8-13-14-10(16)6-15/h8H,1-7H2,(H2,12,17). The molecule has 0 bridgehead atoms. The third-order valence-corrected chi connectivity index (χ3v) is 3.93. The summed E-state index contributed by atoms with van der Waals surface area (Å²) < 4.78 is 2.13. The molecule has 1 saturated carbocycles. The molecule has 0 unspecified atom stereocenters. The van der Waals surface area contributed by atoms with Gasteiger partial charge in [0, 0.05) is 26.1 Å². The number of rotatable bonds is 4. The summed E-state index contributed by atoms with van der Waals surface area (Å²) in [5.41, 5.74) is 6.04. The molecule has 0 radical (unpaired) electrons. The average molecular weight is 251 g/mol. The second kappa shape index (κ2) is 4.03. The van der Waals surface area contributed by atoms with E-state index >= 15 is 0 Å². The normalized spacial score (nSPS) is 22.1. The Kier molecular flexibility index (Phi) is 2.63. The van der Waals surface area contributed by atoms with Crippen LogP contribution in [-0.4, -0.2) is 37.7 Å².